The Labute approximate surface area is 152 Å². The van der Waals surface area contributed by atoms with E-state index in [9.17, 15) is 4.79 Å². The van der Waals surface area contributed by atoms with Crippen LogP contribution in [0.1, 0.15) is 41.5 Å². The topological polar surface area (TPSA) is 63.4 Å². The third-order valence-corrected chi connectivity index (χ3v) is 5.11. The number of pyridine rings is 1. The average Bonchev–Trinajstić information content (AvgIpc) is 2.97. The zero-order valence-corrected chi connectivity index (χ0v) is 15.2. The summed E-state index contributed by atoms with van der Waals surface area (Å²) in [6.45, 7) is 5.45. The molecule has 4 heterocycles. The van der Waals surface area contributed by atoms with Crippen molar-refractivity contribution in [3.63, 3.8) is 0 Å². The number of aromatic nitrogens is 4. The monoisotopic (exact) mass is 349 g/mol. The van der Waals surface area contributed by atoms with Crippen molar-refractivity contribution in [3.05, 3.63) is 59.6 Å². The Morgan fingerprint density at radius 2 is 2.12 bits per heavy atom. The number of aryl methyl sites for hydroxylation is 2. The summed E-state index contributed by atoms with van der Waals surface area (Å²) in [7, 11) is 0. The molecule has 4 rings (SSSR count). The lowest BCUT2D eigenvalue weighted by molar-refractivity contribution is -0.131. The van der Waals surface area contributed by atoms with Gasteiger partial charge < -0.3 is 9.30 Å². The van der Waals surface area contributed by atoms with Crippen molar-refractivity contribution in [3.8, 4) is 0 Å². The van der Waals surface area contributed by atoms with E-state index in [2.05, 4.69) is 15.0 Å². The highest BCUT2D eigenvalue weighted by molar-refractivity contribution is 5.79. The van der Waals surface area contributed by atoms with E-state index in [1.165, 1.54) is 0 Å². The Kier molecular flexibility index (Phi) is 4.41. The molecule has 3 aromatic heterocycles. The number of amides is 1. The molecule has 1 aliphatic rings. The predicted molar refractivity (Wildman–Crippen MR) is 99.0 cm³/mol. The fourth-order valence-electron chi connectivity index (χ4n) is 3.76. The van der Waals surface area contributed by atoms with Gasteiger partial charge in [0.15, 0.2) is 0 Å². The molecule has 26 heavy (non-hydrogen) atoms. The van der Waals surface area contributed by atoms with E-state index in [0.29, 0.717) is 13.0 Å². The fraction of sp³-hybridized carbons (Fsp3) is 0.400. The van der Waals surface area contributed by atoms with Crippen LogP contribution in [0.2, 0.25) is 0 Å². The molecular formula is C20H23N5O. The molecule has 0 unspecified atom stereocenters. The molecular weight excluding hydrogens is 326 g/mol. The highest BCUT2D eigenvalue weighted by Gasteiger charge is 2.26. The number of piperidine rings is 1. The van der Waals surface area contributed by atoms with Gasteiger partial charge in [0.05, 0.1) is 29.2 Å². The zero-order chi connectivity index (χ0) is 18.1. The maximum absolute atomic E-state index is 13.0. The van der Waals surface area contributed by atoms with Gasteiger partial charge in [-0.05, 0) is 38.8 Å². The molecule has 1 atom stereocenters. The third-order valence-electron chi connectivity index (χ3n) is 5.11. The van der Waals surface area contributed by atoms with Gasteiger partial charge in [0, 0.05) is 37.6 Å². The number of carbonyl (C=O) groups is 1. The molecule has 6 nitrogen and oxygen atoms in total. The van der Waals surface area contributed by atoms with Gasteiger partial charge in [-0.2, -0.15) is 0 Å². The second-order valence-electron chi connectivity index (χ2n) is 7.01. The van der Waals surface area contributed by atoms with E-state index >= 15 is 0 Å². The quantitative estimate of drug-likeness (QED) is 0.729. The standard InChI is InChI=1S/C20H23N5O/c1-14-11-21-12-17(22-14)16-6-5-8-24(13-16)20(26)10-18-15(2)23-19-7-3-4-9-25(18)19/h3-4,7,9,11-12,16H,5-6,8,10,13H2,1-2H3/t16-/m1/s1. The molecule has 1 aliphatic heterocycles. The molecule has 1 saturated heterocycles. The molecule has 0 spiro atoms. The smallest absolute Gasteiger partial charge is 0.228 e. The first kappa shape index (κ1) is 16.7. The SMILES string of the molecule is Cc1cncc([C@@H]2CCCN(C(=O)Cc3c(C)nc4ccccn34)C2)n1. The molecule has 1 fully saturated rings. The van der Waals surface area contributed by atoms with Gasteiger partial charge in [0.25, 0.3) is 0 Å². The van der Waals surface area contributed by atoms with Crippen molar-refractivity contribution in [1.82, 2.24) is 24.3 Å². The first-order chi connectivity index (χ1) is 12.6. The Morgan fingerprint density at radius 3 is 2.96 bits per heavy atom. The first-order valence-electron chi connectivity index (χ1n) is 9.10. The van der Waals surface area contributed by atoms with E-state index in [1.54, 1.807) is 6.20 Å². The fourth-order valence-corrected chi connectivity index (χ4v) is 3.76. The number of carbonyl (C=O) groups excluding carboxylic acids is 1. The number of rotatable bonds is 3. The highest BCUT2D eigenvalue weighted by Crippen LogP contribution is 2.26. The van der Waals surface area contributed by atoms with Crippen molar-refractivity contribution in [1.29, 1.82) is 0 Å². The third kappa shape index (κ3) is 3.19. The number of hydrogen-bond acceptors (Lipinski definition) is 4. The summed E-state index contributed by atoms with van der Waals surface area (Å²) in [5, 5.41) is 0. The van der Waals surface area contributed by atoms with Crippen LogP contribution in [0.4, 0.5) is 0 Å². The van der Waals surface area contributed by atoms with E-state index in [1.807, 2.05) is 53.7 Å². The summed E-state index contributed by atoms with van der Waals surface area (Å²) in [5.41, 5.74) is 4.70. The maximum Gasteiger partial charge on any atom is 0.228 e. The number of imidazole rings is 1. The van der Waals surface area contributed by atoms with Crippen LogP contribution in [-0.4, -0.2) is 43.2 Å². The van der Waals surface area contributed by atoms with Crippen molar-refractivity contribution in [2.75, 3.05) is 13.1 Å². The Hall–Kier alpha value is -2.76. The van der Waals surface area contributed by atoms with E-state index in [4.69, 9.17) is 0 Å². The average molecular weight is 349 g/mol. The number of nitrogens with zero attached hydrogens (tertiary/aromatic N) is 5. The van der Waals surface area contributed by atoms with E-state index in [0.717, 1.165) is 47.8 Å². The minimum atomic E-state index is 0.157. The van der Waals surface area contributed by atoms with Crippen LogP contribution in [-0.2, 0) is 11.2 Å². The van der Waals surface area contributed by atoms with Crippen LogP contribution in [0, 0.1) is 13.8 Å². The van der Waals surface area contributed by atoms with E-state index < -0.39 is 0 Å². The molecule has 0 N–H and O–H groups in total. The zero-order valence-electron chi connectivity index (χ0n) is 15.2. The molecule has 1 amide bonds. The Bertz CT molecular complexity index is 948. The largest absolute Gasteiger partial charge is 0.342 e. The van der Waals surface area contributed by atoms with Gasteiger partial charge in [-0.1, -0.05) is 6.07 Å². The number of hydrogen-bond donors (Lipinski definition) is 0. The van der Waals surface area contributed by atoms with Crippen LogP contribution in [0.3, 0.4) is 0 Å². The van der Waals surface area contributed by atoms with Crippen molar-refractivity contribution < 1.29 is 4.79 Å². The lowest BCUT2D eigenvalue weighted by Gasteiger charge is -2.32. The Balaban J connectivity index is 1.51. The van der Waals surface area contributed by atoms with E-state index in [-0.39, 0.29) is 11.8 Å². The molecule has 0 aromatic carbocycles. The second-order valence-corrected chi connectivity index (χ2v) is 7.01. The summed E-state index contributed by atoms with van der Waals surface area (Å²) < 4.78 is 2.01. The lowest BCUT2D eigenvalue weighted by Crippen LogP contribution is -2.40. The van der Waals surface area contributed by atoms with Gasteiger partial charge in [0.1, 0.15) is 5.65 Å². The summed E-state index contributed by atoms with van der Waals surface area (Å²) in [6.07, 6.45) is 8.00. The molecule has 0 saturated carbocycles. The van der Waals surface area contributed by atoms with Gasteiger partial charge in [-0.15, -0.1) is 0 Å². The molecule has 6 heteroatoms. The minimum absolute atomic E-state index is 0.157. The summed E-state index contributed by atoms with van der Waals surface area (Å²) in [4.78, 5) is 28.3. The van der Waals surface area contributed by atoms with Crippen molar-refractivity contribution >= 4 is 11.6 Å². The van der Waals surface area contributed by atoms with Gasteiger partial charge in [0.2, 0.25) is 5.91 Å². The summed E-state index contributed by atoms with van der Waals surface area (Å²) >= 11 is 0. The van der Waals surface area contributed by atoms with Crippen LogP contribution in [0.25, 0.3) is 5.65 Å². The van der Waals surface area contributed by atoms with Gasteiger partial charge in [-0.25, -0.2) is 4.98 Å². The normalized spacial score (nSPS) is 17.6. The van der Waals surface area contributed by atoms with Crippen molar-refractivity contribution in [2.24, 2.45) is 0 Å². The first-order valence-corrected chi connectivity index (χ1v) is 9.10. The maximum atomic E-state index is 13.0. The summed E-state index contributed by atoms with van der Waals surface area (Å²) in [5.74, 6) is 0.424. The number of fused-ring (bicyclic) bond motifs is 1. The molecule has 134 valence electrons. The predicted octanol–water partition coefficient (Wildman–Crippen LogP) is 2.69. The van der Waals surface area contributed by atoms with Crippen LogP contribution < -0.4 is 0 Å². The van der Waals surface area contributed by atoms with Crippen molar-refractivity contribution in [2.45, 2.75) is 39.0 Å². The molecule has 0 radical (unpaired) electrons. The second kappa shape index (κ2) is 6.86. The van der Waals surface area contributed by atoms with Crippen LogP contribution >= 0.6 is 0 Å². The highest BCUT2D eigenvalue weighted by atomic mass is 16.2. The molecule has 0 aliphatic carbocycles. The Morgan fingerprint density at radius 1 is 1.23 bits per heavy atom. The minimum Gasteiger partial charge on any atom is -0.342 e. The molecule has 3 aromatic rings. The lowest BCUT2D eigenvalue weighted by atomic mass is 9.94. The summed E-state index contributed by atoms with van der Waals surface area (Å²) in [6, 6.07) is 5.90. The van der Waals surface area contributed by atoms with Gasteiger partial charge in [-0.3, -0.25) is 14.8 Å². The van der Waals surface area contributed by atoms with Crippen LogP contribution in [0.5, 0.6) is 0 Å². The number of likely N-dealkylation sites (tertiary alicyclic amines) is 1. The molecule has 0 bridgehead atoms. The van der Waals surface area contributed by atoms with Gasteiger partial charge >= 0.3 is 0 Å². The van der Waals surface area contributed by atoms with Crippen LogP contribution in [0.15, 0.2) is 36.8 Å².